The van der Waals surface area contributed by atoms with Gasteiger partial charge in [0.2, 0.25) is 5.91 Å². The van der Waals surface area contributed by atoms with Crippen LogP contribution < -0.4 is 9.50 Å². The third kappa shape index (κ3) is 4.90. The summed E-state index contributed by atoms with van der Waals surface area (Å²) >= 11 is 0.700. The minimum atomic E-state index is -5.32. The molecule has 3 rings (SSSR count). The van der Waals surface area contributed by atoms with E-state index in [4.69, 9.17) is 0 Å². The fourth-order valence-corrected chi connectivity index (χ4v) is 4.73. The summed E-state index contributed by atoms with van der Waals surface area (Å²) in [6.45, 7) is 1.11. The van der Waals surface area contributed by atoms with Gasteiger partial charge in [0.25, 0.3) is 0 Å². The summed E-state index contributed by atoms with van der Waals surface area (Å²) in [6.07, 6.45) is -10.0. The number of anilines is 1. The molecule has 0 bridgehead atoms. The first-order chi connectivity index (χ1) is 14.2. The molecule has 1 heterocycles. The van der Waals surface area contributed by atoms with E-state index in [2.05, 4.69) is 20.6 Å². The van der Waals surface area contributed by atoms with Gasteiger partial charge in [-0.1, -0.05) is 11.3 Å². The Bertz CT molecular complexity index is 1270. The summed E-state index contributed by atoms with van der Waals surface area (Å²) in [4.78, 5) is 13.5. The number of benzene rings is 2. The largest absolute Gasteiger partial charge is 0.417 e. The average molecular weight is 483 g/mol. The van der Waals surface area contributed by atoms with E-state index in [0.717, 1.165) is 19.1 Å². The molecular weight excluding hydrogens is 474 g/mol. The van der Waals surface area contributed by atoms with Crippen LogP contribution in [0.15, 0.2) is 35.2 Å². The molecular formula is C17H9F6N2O4S2. The topological polar surface area (TPSA) is 85.4 Å². The molecule has 0 aliphatic carbocycles. The molecule has 0 aliphatic heterocycles. The minimum Gasteiger partial charge on any atom is -0.378 e. The zero-order valence-corrected chi connectivity index (χ0v) is 16.7. The predicted octanol–water partition coefficient (Wildman–Crippen LogP) is 4.86. The normalized spacial score (nSPS) is 12.7. The number of rotatable bonds is 4. The minimum absolute atomic E-state index is 0.0352. The Morgan fingerprint density at radius 3 is 2.39 bits per heavy atom. The van der Waals surface area contributed by atoms with Crippen LogP contribution in [0.2, 0.25) is 0 Å². The van der Waals surface area contributed by atoms with Gasteiger partial charge in [0.15, 0.2) is 10.9 Å². The number of nitrogens with one attached hydrogen (secondary N) is 1. The van der Waals surface area contributed by atoms with E-state index in [9.17, 15) is 39.6 Å². The van der Waals surface area contributed by atoms with Gasteiger partial charge in [-0.15, -0.1) is 0 Å². The molecule has 1 N–H and O–H groups in total. The first kappa shape index (κ1) is 22.8. The van der Waals surface area contributed by atoms with Gasteiger partial charge in [0, 0.05) is 13.0 Å². The van der Waals surface area contributed by atoms with Crippen LogP contribution in [0.25, 0.3) is 10.2 Å². The van der Waals surface area contributed by atoms with E-state index >= 15 is 0 Å². The van der Waals surface area contributed by atoms with E-state index in [1.165, 1.54) is 0 Å². The maximum atomic E-state index is 13.5. The third-order valence-corrected chi connectivity index (χ3v) is 5.90. The number of halogens is 6. The number of thiazole rings is 1. The number of hydrogen-bond donors (Lipinski definition) is 1. The smallest absolute Gasteiger partial charge is 0.378 e. The maximum Gasteiger partial charge on any atom is 0.417 e. The highest BCUT2D eigenvalue weighted by Gasteiger charge is 2.40. The standard InChI is InChI=1S/C17H9F6N2O4S2/c1-8(26)24-15-25-13-12(30-15)6-5-11(17(21,22)23)14(13)31(27,28)29-10-4-2-3-9(7-10)16(18,19)20/h2-3,5-7H,1H3,(H,24,25,26). The highest BCUT2D eigenvalue weighted by Crippen LogP contribution is 2.41. The number of nitrogens with zero attached hydrogens (tertiary/aromatic N) is 1. The van der Waals surface area contributed by atoms with E-state index < -0.39 is 55.7 Å². The van der Waals surface area contributed by atoms with Crippen molar-refractivity contribution in [2.45, 2.75) is 24.2 Å². The molecule has 2 aromatic carbocycles. The Hall–Kier alpha value is -2.87. The fourth-order valence-electron chi connectivity index (χ4n) is 2.48. The summed E-state index contributed by atoms with van der Waals surface area (Å²) in [5.41, 5.74) is -3.57. The van der Waals surface area contributed by atoms with Crippen LogP contribution in [0, 0.1) is 6.07 Å². The van der Waals surface area contributed by atoms with Crippen molar-refractivity contribution in [3.63, 3.8) is 0 Å². The highest BCUT2D eigenvalue weighted by atomic mass is 32.2. The fraction of sp³-hybridized carbons (Fsp3) is 0.176. The predicted molar refractivity (Wildman–Crippen MR) is 97.0 cm³/mol. The molecule has 31 heavy (non-hydrogen) atoms. The van der Waals surface area contributed by atoms with Crippen LogP contribution in [0.1, 0.15) is 18.1 Å². The molecule has 6 nitrogen and oxygen atoms in total. The average Bonchev–Trinajstić information content (AvgIpc) is 3.00. The number of amides is 1. The van der Waals surface area contributed by atoms with Crippen LogP contribution in [0.5, 0.6) is 5.75 Å². The molecule has 14 heteroatoms. The maximum absolute atomic E-state index is 13.5. The van der Waals surface area contributed by atoms with Gasteiger partial charge in [-0.2, -0.15) is 34.8 Å². The van der Waals surface area contributed by atoms with Gasteiger partial charge in [-0.25, -0.2) is 4.98 Å². The number of carbonyl (C=O) groups is 1. The number of carbonyl (C=O) groups excluding carboxylic acids is 1. The molecule has 0 saturated carbocycles. The van der Waals surface area contributed by atoms with Crippen molar-refractivity contribution in [3.05, 3.63) is 47.5 Å². The Morgan fingerprint density at radius 1 is 1.13 bits per heavy atom. The van der Waals surface area contributed by atoms with E-state index in [-0.39, 0.29) is 15.9 Å². The van der Waals surface area contributed by atoms with Crippen molar-refractivity contribution in [1.29, 1.82) is 0 Å². The van der Waals surface area contributed by atoms with Gasteiger partial charge in [0.1, 0.15) is 10.4 Å². The summed E-state index contributed by atoms with van der Waals surface area (Å²) in [5, 5.41) is 2.05. The Balaban J connectivity index is 2.19. The second-order valence-corrected chi connectivity index (χ2v) is 8.48. The van der Waals surface area contributed by atoms with Gasteiger partial charge < -0.3 is 9.50 Å². The second kappa shape index (κ2) is 7.67. The molecule has 1 radical (unpaired) electrons. The van der Waals surface area contributed by atoms with Gasteiger partial charge in [-0.05, 0) is 30.3 Å². The van der Waals surface area contributed by atoms with Crippen molar-refractivity contribution in [3.8, 4) is 5.75 Å². The lowest BCUT2D eigenvalue weighted by Gasteiger charge is -2.15. The number of fused-ring (bicyclic) bond motifs is 1. The summed E-state index contributed by atoms with van der Waals surface area (Å²) in [6, 6.07) is 5.11. The molecule has 165 valence electrons. The first-order valence-electron chi connectivity index (χ1n) is 8.00. The van der Waals surface area contributed by atoms with Crippen molar-refractivity contribution in [2.24, 2.45) is 0 Å². The second-order valence-electron chi connectivity index (χ2n) is 5.96. The molecule has 1 amide bonds. The first-order valence-corrected chi connectivity index (χ1v) is 10.2. The van der Waals surface area contributed by atoms with Crippen LogP contribution in [0.4, 0.5) is 31.5 Å². The lowest BCUT2D eigenvalue weighted by molar-refractivity contribution is -0.140. The lowest BCUT2D eigenvalue weighted by Crippen LogP contribution is -2.18. The van der Waals surface area contributed by atoms with Gasteiger partial charge in [-0.3, -0.25) is 4.79 Å². The Kier molecular flexibility index (Phi) is 5.65. The van der Waals surface area contributed by atoms with Gasteiger partial charge in [0.05, 0.1) is 15.8 Å². The number of aromatic nitrogens is 1. The third-order valence-electron chi connectivity index (χ3n) is 3.65. The highest BCUT2D eigenvalue weighted by molar-refractivity contribution is 7.87. The van der Waals surface area contributed by atoms with Crippen molar-refractivity contribution >= 4 is 42.7 Å². The van der Waals surface area contributed by atoms with Gasteiger partial charge >= 0.3 is 22.5 Å². The zero-order valence-electron chi connectivity index (χ0n) is 15.1. The van der Waals surface area contributed by atoms with E-state index in [1.54, 1.807) is 0 Å². The summed E-state index contributed by atoms with van der Waals surface area (Å²) in [5.74, 6) is -1.56. The van der Waals surface area contributed by atoms with Crippen molar-refractivity contribution in [1.82, 2.24) is 4.98 Å². The number of hydrogen-bond acceptors (Lipinski definition) is 6. The monoisotopic (exact) mass is 483 g/mol. The van der Waals surface area contributed by atoms with Crippen LogP contribution in [-0.4, -0.2) is 19.3 Å². The van der Waals surface area contributed by atoms with Crippen LogP contribution >= 0.6 is 11.3 Å². The molecule has 0 spiro atoms. The molecule has 0 aliphatic rings. The van der Waals surface area contributed by atoms with E-state index in [0.29, 0.717) is 23.5 Å². The SMILES string of the molecule is CC(=O)Nc1nc2c(S(=O)(=O)Oc3[c]ccc(C(F)(F)F)c3)c(C(F)(F)F)ccc2s1. The molecule has 1 aromatic heterocycles. The van der Waals surface area contributed by atoms with E-state index in [1.807, 2.05) is 0 Å². The Morgan fingerprint density at radius 2 is 1.81 bits per heavy atom. The van der Waals surface area contributed by atoms with Crippen molar-refractivity contribution < 1.29 is 43.7 Å². The number of alkyl halides is 6. The lowest BCUT2D eigenvalue weighted by atomic mass is 10.2. The van der Waals surface area contributed by atoms with Crippen LogP contribution in [0.3, 0.4) is 0 Å². The van der Waals surface area contributed by atoms with Crippen LogP contribution in [-0.2, 0) is 27.3 Å². The molecule has 0 saturated heterocycles. The molecule has 3 aromatic rings. The zero-order chi connectivity index (χ0) is 23.2. The molecule has 0 fully saturated rings. The quantitative estimate of drug-likeness (QED) is 0.423. The molecule has 0 atom stereocenters. The molecule has 0 unspecified atom stereocenters. The Labute approximate surface area is 174 Å². The summed E-state index contributed by atoms with van der Waals surface area (Å²) in [7, 11) is -5.32. The van der Waals surface area contributed by atoms with Crippen molar-refractivity contribution in [2.75, 3.05) is 5.32 Å². The summed E-state index contributed by atoms with van der Waals surface area (Å²) < 4.78 is 109.